The van der Waals surface area contributed by atoms with Crippen LogP contribution in [0.5, 0.6) is 0 Å². The van der Waals surface area contributed by atoms with E-state index in [0.717, 1.165) is 47.0 Å². The second-order valence-corrected chi connectivity index (χ2v) is 9.09. The molecule has 1 aromatic carbocycles. The molecular formula is C23H23BrFN7O. The Morgan fingerprint density at radius 2 is 2.12 bits per heavy atom. The molecule has 4 N–H and O–H groups in total. The first kappa shape index (κ1) is 21.6. The maximum Gasteiger partial charge on any atom is 0.258 e. The first-order valence-electron chi connectivity index (χ1n) is 10.7. The van der Waals surface area contributed by atoms with Crippen molar-refractivity contribution in [1.29, 1.82) is 0 Å². The fourth-order valence-electron chi connectivity index (χ4n) is 4.22. The van der Waals surface area contributed by atoms with Gasteiger partial charge in [0, 0.05) is 37.7 Å². The van der Waals surface area contributed by atoms with Crippen LogP contribution < -0.4 is 16.0 Å². The summed E-state index contributed by atoms with van der Waals surface area (Å²) in [6.45, 7) is 2.07. The minimum absolute atomic E-state index is 0.109. The summed E-state index contributed by atoms with van der Waals surface area (Å²) in [6, 6.07) is 6.31. The summed E-state index contributed by atoms with van der Waals surface area (Å²) >= 11 is 3.63. The van der Waals surface area contributed by atoms with Gasteiger partial charge in [-0.3, -0.25) is 9.48 Å². The number of rotatable bonds is 5. The van der Waals surface area contributed by atoms with Crippen LogP contribution in [-0.4, -0.2) is 44.8 Å². The number of hydrogen-bond donors (Lipinski definition) is 3. The molecule has 5 rings (SSSR count). The second-order valence-electron chi connectivity index (χ2n) is 8.24. The minimum atomic E-state index is -0.287. The molecule has 4 heterocycles. The van der Waals surface area contributed by atoms with Gasteiger partial charge in [0.2, 0.25) is 0 Å². The highest BCUT2D eigenvalue weighted by Crippen LogP contribution is 2.38. The summed E-state index contributed by atoms with van der Waals surface area (Å²) < 4.78 is 15.6. The molecular weight excluding hydrogens is 489 g/mol. The van der Waals surface area contributed by atoms with Crippen LogP contribution in [0.3, 0.4) is 0 Å². The third-order valence-corrected chi connectivity index (χ3v) is 6.39. The molecule has 0 saturated carbocycles. The predicted octanol–water partition coefficient (Wildman–Crippen LogP) is 3.89. The van der Waals surface area contributed by atoms with Gasteiger partial charge in [-0.1, -0.05) is 12.1 Å². The number of carbonyl (C=O) groups is 1. The second kappa shape index (κ2) is 8.95. The van der Waals surface area contributed by atoms with Crippen molar-refractivity contribution in [1.82, 2.24) is 19.7 Å². The third-order valence-electron chi connectivity index (χ3n) is 5.80. The van der Waals surface area contributed by atoms with Crippen LogP contribution in [0.25, 0.3) is 11.0 Å². The quantitative estimate of drug-likeness (QED) is 0.377. The number of nitrogens with one attached hydrogen (secondary N) is 2. The predicted molar refractivity (Wildman–Crippen MR) is 129 cm³/mol. The van der Waals surface area contributed by atoms with Gasteiger partial charge in [-0.25, -0.2) is 9.37 Å². The maximum absolute atomic E-state index is 13.1. The zero-order valence-electron chi connectivity index (χ0n) is 17.8. The van der Waals surface area contributed by atoms with Crippen molar-refractivity contribution < 1.29 is 9.18 Å². The number of nitrogens with zero attached hydrogens (tertiary/aromatic N) is 4. The molecule has 1 aliphatic rings. The normalized spacial score (nSPS) is 16.3. The number of H-pyrrole nitrogens is 1. The Morgan fingerprint density at radius 3 is 2.91 bits per heavy atom. The molecule has 0 unspecified atom stereocenters. The molecule has 3 aromatic heterocycles. The molecule has 10 heteroatoms. The van der Waals surface area contributed by atoms with Crippen LogP contribution in [0.2, 0.25) is 0 Å². The lowest BCUT2D eigenvalue weighted by Crippen LogP contribution is -2.43. The molecule has 1 amide bonds. The highest BCUT2D eigenvalue weighted by molar-refractivity contribution is 9.10. The molecule has 1 atom stereocenters. The summed E-state index contributed by atoms with van der Waals surface area (Å²) in [5, 5.41) is 8.10. The van der Waals surface area contributed by atoms with Crippen molar-refractivity contribution in [2.75, 3.05) is 23.3 Å². The number of hydrogen-bond acceptors (Lipinski definition) is 5. The van der Waals surface area contributed by atoms with E-state index in [1.54, 1.807) is 35.4 Å². The lowest BCUT2D eigenvalue weighted by Gasteiger charge is -2.33. The molecule has 170 valence electrons. The van der Waals surface area contributed by atoms with Crippen molar-refractivity contribution in [3.05, 3.63) is 70.5 Å². The number of piperidine rings is 1. The number of nitrogens with two attached hydrogens (primary N) is 1. The van der Waals surface area contributed by atoms with Gasteiger partial charge in [0.25, 0.3) is 5.91 Å². The highest BCUT2D eigenvalue weighted by atomic mass is 79.9. The van der Waals surface area contributed by atoms with E-state index in [1.165, 1.54) is 18.3 Å². The van der Waals surface area contributed by atoms with Gasteiger partial charge in [-0.15, -0.1) is 0 Å². The van der Waals surface area contributed by atoms with Gasteiger partial charge in [0.15, 0.2) is 0 Å². The highest BCUT2D eigenvalue weighted by Gasteiger charge is 2.24. The maximum atomic E-state index is 13.1. The smallest absolute Gasteiger partial charge is 0.258 e. The molecule has 0 spiro atoms. The average molecular weight is 512 g/mol. The van der Waals surface area contributed by atoms with Gasteiger partial charge in [0.05, 0.1) is 39.5 Å². The Hall–Kier alpha value is -3.24. The van der Waals surface area contributed by atoms with Crippen molar-refractivity contribution in [3.8, 4) is 0 Å². The number of pyridine rings is 1. The number of halogens is 2. The molecule has 0 radical (unpaired) electrons. The van der Waals surface area contributed by atoms with Gasteiger partial charge < -0.3 is 20.9 Å². The van der Waals surface area contributed by atoms with Crippen LogP contribution in [0.4, 0.5) is 15.8 Å². The summed E-state index contributed by atoms with van der Waals surface area (Å²) in [5.41, 5.74) is 9.84. The molecule has 1 fully saturated rings. The van der Waals surface area contributed by atoms with Crippen LogP contribution in [0.15, 0.2) is 53.5 Å². The number of amides is 1. The lowest BCUT2D eigenvalue weighted by molar-refractivity contribution is 0.102. The van der Waals surface area contributed by atoms with Crippen LogP contribution >= 0.6 is 15.9 Å². The van der Waals surface area contributed by atoms with E-state index >= 15 is 0 Å². The zero-order valence-corrected chi connectivity index (χ0v) is 19.3. The molecule has 4 aromatic rings. The molecule has 8 nitrogen and oxygen atoms in total. The fourth-order valence-corrected chi connectivity index (χ4v) is 4.77. The van der Waals surface area contributed by atoms with Crippen molar-refractivity contribution in [2.45, 2.75) is 25.4 Å². The lowest BCUT2D eigenvalue weighted by atomic mass is 10.1. The van der Waals surface area contributed by atoms with Crippen molar-refractivity contribution in [3.63, 3.8) is 0 Å². The number of benzene rings is 1. The summed E-state index contributed by atoms with van der Waals surface area (Å²) in [6.07, 6.45) is 8.72. The average Bonchev–Trinajstić information content (AvgIpc) is 3.43. The summed E-state index contributed by atoms with van der Waals surface area (Å²) in [4.78, 5) is 22.8. The standard InChI is InChI=1S/C23H23BrFN7O/c24-18-9-27-22-20(21(18)31-7-1-2-17(26)13-31)19(10-28-22)30-23(33)15-8-29-32(12-15)11-14-3-5-16(25)6-4-14/h3-6,8-10,12,17H,1-2,7,11,13,26H2,(H,27,28)(H,30,33)/t17-/m1/s1. The van der Waals surface area contributed by atoms with Gasteiger partial charge in [-0.2, -0.15) is 5.10 Å². The SMILES string of the molecule is N[C@@H]1CCCN(c2c(Br)cnc3[nH]cc(NC(=O)c4cnn(Cc5ccc(F)cc5)c4)c23)C1. The van der Waals surface area contributed by atoms with Crippen LogP contribution in [-0.2, 0) is 6.54 Å². The largest absolute Gasteiger partial charge is 0.368 e. The van der Waals surface area contributed by atoms with Crippen molar-refractivity contribution in [2.24, 2.45) is 5.73 Å². The molecule has 0 bridgehead atoms. The molecule has 1 saturated heterocycles. The van der Waals surface area contributed by atoms with E-state index in [2.05, 4.69) is 41.2 Å². The Balaban J connectivity index is 1.39. The van der Waals surface area contributed by atoms with E-state index in [9.17, 15) is 9.18 Å². The Bertz CT molecular complexity index is 1300. The number of aromatic nitrogens is 4. The van der Waals surface area contributed by atoms with E-state index < -0.39 is 0 Å². The Kier molecular flexibility index (Phi) is 5.86. The van der Waals surface area contributed by atoms with Gasteiger partial charge in [-0.05, 0) is 46.5 Å². The number of fused-ring (bicyclic) bond motifs is 1. The third kappa shape index (κ3) is 4.49. The summed E-state index contributed by atoms with van der Waals surface area (Å²) in [5.74, 6) is -0.562. The first-order chi connectivity index (χ1) is 16.0. The topological polar surface area (TPSA) is 105 Å². The van der Waals surface area contributed by atoms with E-state index in [1.807, 2.05) is 0 Å². The molecule has 1 aliphatic heterocycles. The zero-order chi connectivity index (χ0) is 22.9. The van der Waals surface area contributed by atoms with Crippen molar-refractivity contribution >= 4 is 44.2 Å². The first-order valence-corrected chi connectivity index (χ1v) is 11.5. The van der Waals surface area contributed by atoms with E-state index in [0.29, 0.717) is 23.4 Å². The van der Waals surface area contributed by atoms with E-state index in [4.69, 9.17) is 5.73 Å². The minimum Gasteiger partial charge on any atom is -0.368 e. The van der Waals surface area contributed by atoms with Crippen LogP contribution in [0.1, 0.15) is 28.8 Å². The fraction of sp³-hybridized carbons (Fsp3) is 0.261. The number of aromatic amines is 1. The molecule has 0 aliphatic carbocycles. The van der Waals surface area contributed by atoms with Gasteiger partial charge >= 0.3 is 0 Å². The summed E-state index contributed by atoms with van der Waals surface area (Å²) in [7, 11) is 0. The number of carbonyl (C=O) groups excluding carboxylic acids is 1. The van der Waals surface area contributed by atoms with Crippen LogP contribution in [0, 0.1) is 5.82 Å². The Morgan fingerprint density at radius 1 is 1.30 bits per heavy atom. The monoisotopic (exact) mass is 511 g/mol. The Labute approximate surface area is 198 Å². The van der Waals surface area contributed by atoms with Gasteiger partial charge in [0.1, 0.15) is 11.5 Å². The number of anilines is 2. The molecule has 33 heavy (non-hydrogen) atoms. The van der Waals surface area contributed by atoms with E-state index in [-0.39, 0.29) is 17.8 Å².